The van der Waals surface area contributed by atoms with Crippen LogP contribution in [0.2, 0.25) is 0 Å². The van der Waals surface area contributed by atoms with Crippen LogP contribution < -0.4 is 0 Å². The number of rotatable bonds is 14. The lowest BCUT2D eigenvalue weighted by molar-refractivity contribution is -0.373. The van der Waals surface area contributed by atoms with Crippen molar-refractivity contribution in [3.05, 3.63) is 11.6 Å². The van der Waals surface area contributed by atoms with E-state index in [-0.39, 0.29) is 35.5 Å². The van der Waals surface area contributed by atoms with E-state index < -0.39 is 205 Å². The van der Waals surface area contributed by atoms with Gasteiger partial charge in [-0.3, -0.25) is 9.35 Å². The van der Waals surface area contributed by atoms with Gasteiger partial charge in [0.1, 0.15) is 103 Å². The van der Waals surface area contributed by atoms with Gasteiger partial charge in [0.2, 0.25) is 6.29 Å². The van der Waals surface area contributed by atoms with Crippen LogP contribution in [0.25, 0.3) is 0 Å². The van der Waals surface area contributed by atoms with Crippen molar-refractivity contribution in [2.45, 2.75) is 241 Å². The average molecular weight is 1200 g/mol. The van der Waals surface area contributed by atoms with E-state index in [9.17, 15) is 84.5 Å². The first kappa shape index (κ1) is 64.7. The lowest BCUT2D eigenvalue weighted by atomic mass is 9.33. The quantitative estimate of drug-likeness (QED) is 0.0462. The van der Waals surface area contributed by atoms with E-state index in [0.29, 0.717) is 32.1 Å². The highest BCUT2D eigenvalue weighted by molar-refractivity contribution is 7.80. The highest BCUT2D eigenvalue weighted by atomic mass is 32.3. The van der Waals surface area contributed by atoms with Crippen molar-refractivity contribution in [2.75, 3.05) is 26.4 Å². The zero-order valence-corrected chi connectivity index (χ0v) is 48.0. The number of ether oxygens (including phenoxy) is 8. The van der Waals surface area contributed by atoms with Gasteiger partial charge in [0.15, 0.2) is 18.9 Å². The molecule has 472 valence electrons. The van der Waals surface area contributed by atoms with E-state index in [0.717, 1.165) is 18.4 Å². The van der Waals surface area contributed by atoms with Crippen molar-refractivity contribution >= 4 is 16.4 Å². The maximum Gasteiger partial charge on any atom is 0.397 e. The van der Waals surface area contributed by atoms with Gasteiger partial charge in [-0.05, 0) is 103 Å². The molecule has 0 aromatic heterocycles. The van der Waals surface area contributed by atoms with Crippen molar-refractivity contribution in [3.8, 4) is 0 Å². The first-order valence-electron chi connectivity index (χ1n) is 28.6. The summed E-state index contributed by atoms with van der Waals surface area (Å²) in [6, 6.07) is 0. The highest BCUT2D eigenvalue weighted by Crippen LogP contribution is 2.76. The van der Waals surface area contributed by atoms with Gasteiger partial charge in [-0.1, -0.05) is 60.1 Å². The van der Waals surface area contributed by atoms with Crippen LogP contribution in [0, 0.1) is 50.2 Å². The summed E-state index contributed by atoms with van der Waals surface area (Å²) in [4.78, 5) is 15.2. The van der Waals surface area contributed by atoms with Gasteiger partial charge < -0.3 is 109 Å². The molecule has 15 N–H and O–H groups in total. The molecule has 5 aliphatic carbocycles. The molecule has 4 heterocycles. The van der Waals surface area contributed by atoms with Gasteiger partial charge in [0, 0.05) is 0 Å². The molecule has 0 bridgehead atoms. The summed E-state index contributed by atoms with van der Waals surface area (Å²) in [6.45, 7) is 11.6. The number of hydrogen-bond acceptors (Lipinski definition) is 26. The van der Waals surface area contributed by atoms with Gasteiger partial charge in [-0.2, -0.15) is 8.42 Å². The number of hydrogen-bond donors (Lipinski definition) is 15. The Morgan fingerprint density at radius 3 is 1.68 bits per heavy atom. The molecule has 4 saturated heterocycles. The van der Waals surface area contributed by atoms with Crippen molar-refractivity contribution in [2.24, 2.45) is 50.2 Å². The third-order valence-electron chi connectivity index (χ3n) is 21.6. The van der Waals surface area contributed by atoms with Crippen molar-refractivity contribution in [1.82, 2.24) is 0 Å². The second kappa shape index (κ2) is 23.3. The second-order valence-corrected chi connectivity index (χ2v) is 28.0. The normalized spacial score (nSPS) is 52.0. The number of allylic oxidation sites excluding steroid dienone is 2. The Morgan fingerprint density at radius 1 is 0.585 bits per heavy atom. The van der Waals surface area contributed by atoms with E-state index in [2.05, 4.69) is 40.7 Å². The van der Waals surface area contributed by atoms with Gasteiger partial charge in [0.25, 0.3) is 0 Å². The van der Waals surface area contributed by atoms with Crippen molar-refractivity contribution < 1.29 is 131 Å². The lowest BCUT2D eigenvalue weighted by Crippen LogP contribution is -2.68. The minimum atomic E-state index is -4.70. The van der Waals surface area contributed by atoms with E-state index in [4.69, 9.17) is 42.1 Å². The summed E-state index contributed by atoms with van der Waals surface area (Å²) in [5.41, 5.74) is -2.75. The summed E-state index contributed by atoms with van der Waals surface area (Å²) in [5.74, 6) is -1.33. The number of esters is 1. The fraction of sp³-hybridized carbons (Fsp3) is 0.944. The number of carbonyl (C=O) groups is 1. The average Bonchev–Trinajstić information content (AvgIpc) is 1.37. The lowest BCUT2D eigenvalue weighted by Gasteiger charge is -2.71. The topological polar surface area (TPSA) is 438 Å². The molecule has 27 nitrogen and oxygen atoms in total. The molecule has 82 heavy (non-hydrogen) atoms. The van der Waals surface area contributed by atoms with E-state index in [1.54, 1.807) is 0 Å². The maximum absolute atomic E-state index is 15.2. The van der Waals surface area contributed by atoms with Crippen LogP contribution >= 0.6 is 0 Å². The van der Waals surface area contributed by atoms with Crippen LogP contribution in [0.4, 0.5) is 0 Å². The third kappa shape index (κ3) is 11.0. The monoisotopic (exact) mass is 1200 g/mol. The minimum absolute atomic E-state index is 0.0293. The Bertz CT molecular complexity index is 2410. The van der Waals surface area contributed by atoms with Crippen LogP contribution in [0.3, 0.4) is 0 Å². The molecule has 9 rings (SSSR count). The zero-order valence-electron chi connectivity index (χ0n) is 47.2. The Labute approximate surface area is 475 Å². The first-order valence-corrected chi connectivity index (χ1v) is 29.9. The van der Waals surface area contributed by atoms with Gasteiger partial charge in [0.05, 0.1) is 38.6 Å². The molecule has 4 saturated carbocycles. The molecule has 0 aromatic carbocycles. The largest absolute Gasteiger partial charge is 0.432 e. The molecule has 9 aliphatic rings. The summed E-state index contributed by atoms with van der Waals surface area (Å²) in [7, 11) is -4.70. The van der Waals surface area contributed by atoms with E-state index in [1.807, 2.05) is 13.8 Å². The number of aliphatic hydroxyl groups is 14. The van der Waals surface area contributed by atoms with Gasteiger partial charge in [-0.15, -0.1) is 0 Å². The van der Waals surface area contributed by atoms with E-state index >= 15 is 4.79 Å². The van der Waals surface area contributed by atoms with E-state index in [1.165, 1.54) is 0 Å². The molecule has 28 heteroatoms. The molecule has 0 aromatic rings. The third-order valence-corrected chi connectivity index (χ3v) is 22.1. The predicted octanol–water partition coefficient (Wildman–Crippen LogP) is -3.24. The fourth-order valence-corrected chi connectivity index (χ4v) is 17.3. The fourth-order valence-electron chi connectivity index (χ4n) is 16.6. The number of aliphatic hydroxyl groups excluding tert-OH is 14. The van der Waals surface area contributed by atoms with Crippen LogP contribution in [0.1, 0.15) is 106 Å². The zero-order chi connectivity index (χ0) is 60.4. The smallest absolute Gasteiger partial charge is 0.397 e. The summed E-state index contributed by atoms with van der Waals surface area (Å²) >= 11 is 0. The number of carbonyl (C=O) groups excluding carboxylic acids is 1. The van der Waals surface area contributed by atoms with Crippen molar-refractivity contribution in [1.29, 1.82) is 0 Å². The molecule has 4 aliphatic heterocycles. The molecular weight excluding hydrogens is 1110 g/mol. The Kier molecular flexibility index (Phi) is 18.4. The molecule has 8 fully saturated rings. The Hall–Kier alpha value is -1.76. The molecule has 0 radical (unpaired) electrons. The van der Waals surface area contributed by atoms with Crippen LogP contribution in [-0.4, -0.2) is 252 Å². The minimum Gasteiger partial charge on any atom is -0.432 e. The summed E-state index contributed by atoms with van der Waals surface area (Å²) < 4.78 is 85.0. The van der Waals surface area contributed by atoms with Crippen LogP contribution in [-0.2, 0) is 57.3 Å². The first-order chi connectivity index (χ1) is 38.1. The van der Waals surface area contributed by atoms with Gasteiger partial charge >= 0.3 is 16.4 Å². The van der Waals surface area contributed by atoms with Crippen molar-refractivity contribution in [3.63, 3.8) is 0 Å². The molecule has 0 amide bonds. The van der Waals surface area contributed by atoms with Crippen LogP contribution in [0.15, 0.2) is 11.6 Å². The Balaban J connectivity index is 0.892. The Morgan fingerprint density at radius 2 is 1.10 bits per heavy atom. The summed E-state index contributed by atoms with van der Waals surface area (Å²) in [5, 5.41) is 152. The molecule has 0 spiro atoms. The SMILES string of the molecule is CC1(C)CC[C@]2(C(=O)O[C@@H]3O[C@H](CO[C@@H]4O[C@H](CO[C@@H]5O[C@H](CO)[C@@H](O)[C@H](O)[C@H]5O[C@@H]5O[C@H](CO)[C@@H](O)[C@H](O)[C@H]5O)[C@@H](O)[C@H](O)[C@H]4O)[C@@H](O)[C@H](O)[C@H]3O)[C@H](O)C[C@]3(C)C(=CC[C@@H]4[C@@]5(C)CC[C@H](OS(=O)(=O)O)C(C)(C)[C@@H]5CC[C@]43C)[C@@H]2C1. The molecule has 0 unspecified atom stereocenters. The van der Waals surface area contributed by atoms with Gasteiger partial charge in [-0.25, -0.2) is 4.18 Å². The summed E-state index contributed by atoms with van der Waals surface area (Å²) in [6.07, 6.45) is -32.0. The standard InChI is InChI=1S/C54H88O27S/c1-49(2)14-15-54(23(16-49)22-8-9-29-51(5)12-11-31(81-82(70,71)72)50(3,4)28(51)10-13-52(29,6)53(22,7)17-30(54)57)48(69)80-46-42(68)38(64)35(61)27(78-46)20-73-44-40(66)37(63)34(60)26(77-44)21-74-47-43(39(65)33(59)25(19-56)76-47)79-45-41(67)36(62)32(58)24(18-55)75-45/h8,23-47,55-68H,9-21H2,1-7H3,(H,70,71,72)/t23-,24+,25+,26+,27+,28-,29+,30+,31-,32+,33+,34+,35+,36-,37-,38-,39-,40+,41+,42+,43+,44+,45-,46-,47+,51-,52+,53+,54+/m0/s1. The number of fused-ring (bicyclic) bond motifs is 7. The highest BCUT2D eigenvalue weighted by Gasteiger charge is 2.72. The maximum atomic E-state index is 15.2. The van der Waals surface area contributed by atoms with Crippen LogP contribution in [0.5, 0.6) is 0 Å². The molecular formula is C54H88O27S. The molecule has 29 atom stereocenters. The predicted molar refractivity (Wildman–Crippen MR) is 275 cm³/mol. The second-order valence-electron chi connectivity index (χ2n) is 27.0.